The molecule has 0 aliphatic heterocycles. The number of carbonyl (C=O) groups is 1. The molecule has 1 unspecified atom stereocenters. The van der Waals surface area contributed by atoms with E-state index in [0.29, 0.717) is 12.3 Å². The Labute approximate surface area is 145 Å². The van der Waals surface area contributed by atoms with Gasteiger partial charge in [0.2, 0.25) is 0 Å². The fraction of sp³-hybridized carbons (Fsp3) is 0.389. The highest BCUT2D eigenvalue weighted by atomic mass is 79.9. The number of nitrogens with one attached hydrogen (secondary N) is 1. The first-order valence-corrected chi connectivity index (χ1v) is 8.41. The molecule has 2 aromatic rings. The SMILES string of the molecule is CC(C)CC(C)(COc1ccc(Br)c2ccccc12)NC(=O)O. The lowest BCUT2D eigenvalue weighted by molar-refractivity contribution is 0.144. The number of benzene rings is 2. The lowest BCUT2D eigenvalue weighted by atomic mass is 9.91. The minimum absolute atomic E-state index is 0.281. The van der Waals surface area contributed by atoms with Crippen molar-refractivity contribution < 1.29 is 14.6 Å². The summed E-state index contributed by atoms with van der Waals surface area (Å²) in [5.41, 5.74) is -0.631. The highest BCUT2D eigenvalue weighted by molar-refractivity contribution is 9.10. The Morgan fingerprint density at radius 1 is 1.26 bits per heavy atom. The molecule has 0 aromatic heterocycles. The summed E-state index contributed by atoms with van der Waals surface area (Å²) < 4.78 is 7.00. The Bertz CT molecular complexity index is 702. The highest BCUT2D eigenvalue weighted by Gasteiger charge is 2.28. The fourth-order valence-electron chi connectivity index (χ4n) is 2.90. The number of ether oxygens (including phenoxy) is 1. The third-order valence-corrected chi connectivity index (χ3v) is 4.34. The third-order valence-electron chi connectivity index (χ3n) is 3.64. The largest absolute Gasteiger partial charge is 0.491 e. The average molecular weight is 380 g/mol. The maximum Gasteiger partial charge on any atom is 0.405 e. The zero-order chi connectivity index (χ0) is 17.0. The van der Waals surface area contributed by atoms with Crippen LogP contribution in [0, 0.1) is 5.92 Å². The van der Waals surface area contributed by atoms with Crippen LogP contribution in [0.1, 0.15) is 27.2 Å². The van der Waals surface area contributed by atoms with Crippen molar-refractivity contribution in [3.63, 3.8) is 0 Å². The normalized spacial score (nSPS) is 13.8. The molecule has 0 saturated heterocycles. The minimum Gasteiger partial charge on any atom is -0.491 e. The molecule has 2 rings (SSSR count). The van der Waals surface area contributed by atoms with Gasteiger partial charge >= 0.3 is 6.09 Å². The van der Waals surface area contributed by atoms with Crippen molar-refractivity contribution in [2.24, 2.45) is 5.92 Å². The Balaban J connectivity index is 2.24. The van der Waals surface area contributed by atoms with E-state index < -0.39 is 11.6 Å². The number of fused-ring (bicyclic) bond motifs is 1. The fourth-order valence-corrected chi connectivity index (χ4v) is 3.38. The van der Waals surface area contributed by atoms with Crippen LogP contribution in [0.2, 0.25) is 0 Å². The van der Waals surface area contributed by atoms with Gasteiger partial charge in [-0.1, -0.05) is 54.0 Å². The van der Waals surface area contributed by atoms with Gasteiger partial charge in [-0.3, -0.25) is 0 Å². The maximum absolute atomic E-state index is 11.1. The zero-order valence-corrected chi connectivity index (χ0v) is 15.2. The van der Waals surface area contributed by atoms with Crippen LogP contribution >= 0.6 is 15.9 Å². The molecule has 0 aliphatic rings. The van der Waals surface area contributed by atoms with Crippen molar-refractivity contribution in [3.8, 4) is 5.75 Å². The molecule has 23 heavy (non-hydrogen) atoms. The maximum atomic E-state index is 11.1. The Morgan fingerprint density at radius 2 is 1.91 bits per heavy atom. The van der Waals surface area contributed by atoms with E-state index in [4.69, 9.17) is 9.84 Å². The van der Waals surface area contributed by atoms with Gasteiger partial charge in [-0.15, -0.1) is 0 Å². The van der Waals surface area contributed by atoms with Gasteiger partial charge in [-0.05, 0) is 36.8 Å². The number of amides is 1. The summed E-state index contributed by atoms with van der Waals surface area (Å²) in [7, 11) is 0. The van der Waals surface area contributed by atoms with Crippen molar-refractivity contribution in [1.82, 2.24) is 5.32 Å². The molecule has 2 N–H and O–H groups in total. The van der Waals surface area contributed by atoms with E-state index in [9.17, 15) is 4.79 Å². The number of hydrogen-bond donors (Lipinski definition) is 2. The molecule has 0 fully saturated rings. The molecule has 0 heterocycles. The van der Waals surface area contributed by atoms with Gasteiger partial charge in [0.05, 0.1) is 5.54 Å². The Kier molecular flexibility index (Phi) is 5.52. The molecule has 0 saturated carbocycles. The minimum atomic E-state index is -1.03. The van der Waals surface area contributed by atoms with Gasteiger partial charge < -0.3 is 15.2 Å². The number of halogens is 1. The second-order valence-electron chi connectivity index (χ2n) is 6.47. The first-order valence-electron chi connectivity index (χ1n) is 7.62. The standard InChI is InChI=1S/C18H22BrNO3/c1-12(2)10-18(3,20-17(21)22)11-23-16-9-8-15(19)13-6-4-5-7-14(13)16/h4-9,12,20H,10-11H2,1-3H3,(H,21,22). The molecule has 2 aromatic carbocycles. The molecule has 1 atom stereocenters. The smallest absolute Gasteiger partial charge is 0.405 e. The summed E-state index contributed by atoms with van der Waals surface area (Å²) in [4.78, 5) is 11.1. The summed E-state index contributed by atoms with van der Waals surface area (Å²) in [6.07, 6.45) is -0.328. The van der Waals surface area contributed by atoms with E-state index >= 15 is 0 Å². The number of hydrogen-bond acceptors (Lipinski definition) is 2. The van der Waals surface area contributed by atoms with Gasteiger partial charge in [0.15, 0.2) is 0 Å². The second kappa shape index (κ2) is 7.21. The monoisotopic (exact) mass is 379 g/mol. The summed E-state index contributed by atoms with van der Waals surface area (Å²) >= 11 is 3.54. The second-order valence-corrected chi connectivity index (χ2v) is 7.32. The predicted octanol–water partition coefficient (Wildman–Crippen LogP) is 5.05. The molecule has 0 aliphatic carbocycles. The molecule has 0 radical (unpaired) electrons. The van der Waals surface area contributed by atoms with Crippen LogP contribution in [0.4, 0.5) is 4.79 Å². The summed E-state index contributed by atoms with van der Waals surface area (Å²) in [6, 6.07) is 11.8. The van der Waals surface area contributed by atoms with Gasteiger partial charge in [-0.25, -0.2) is 4.79 Å². The first-order chi connectivity index (χ1) is 10.8. The molecule has 124 valence electrons. The van der Waals surface area contributed by atoms with Crippen molar-refractivity contribution >= 4 is 32.8 Å². The van der Waals surface area contributed by atoms with E-state index in [0.717, 1.165) is 21.0 Å². The van der Waals surface area contributed by atoms with Crippen molar-refractivity contribution in [3.05, 3.63) is 40.9 Å². The highest BCUT2D eigenvalue weighted by Crippen LogP contribution is 2.32. The Morgan fingerprint density at radius 3 is 2.52 bits per heavy atom. The van der Waals surface area contributed by atoms with E-state index in [2.05, 4.69) is 35.1 Å². The molecule has 0 bridgehead atoms. The van der Waals surface area contributed by atoms with Gasteiger partial charge in [-0.2, -0.15) is 0 Å². The lowest BCUT2D eigenvalue weighted by Gasteiger charge is -2.31. The van der Waals surface area contributed by atoms with Crippen LogP contribution in [0.5, 0.6) is 5.75 Å². The third kappa shape index (κ3) is 4.61. The molecular formula is C18H22BrNO3. The van der Waals surface area contributed by atoms with Crippen LogP contribution in [-0.2, 0) is 0 Å². The summed E-state index contributed by atoms with van der Waals surface area (Å²) in [5, 5.41) is 13.8. The van der Waals surface area contributed by atoms with Gasteiger partial charge in [0.25, 0.3) is 0 Å². The van der Waals surface area contributed by atoms with Gasteiger partial charge in [0, 0.05) is 9.86 Å². The Hall–Kier alpha value is -1.75. The van der Waals surface area contributed by atoms with E-state index in [1.54, 1.807) is 0 Å². The number of rotatable bonds is 6. The van der Waals surface area contributed by atoms with Crippen LogP contribution in [0.25, 0.3) is 10.8 Å². The van der Waals surface area contributed by atoms with E-state index in [-0.39, 0.29) is 6.61 Å². The van der Waals surface area contributed by atoms with Crippen molar-refractivity contribution in [2.75, 3.05) is 6.61 Å². The predicted molar refractivity (Wildman–Crippen MR) is 96.2 cm³/mol. The molecule has 1 amide bonds. The lowest BCUT2D eigenvalue weighted by Crippen LogP contribution is -2.50. The van der Waals surface area contributed by atoms with E-state index in [1.807, 2.05) is 43.3 Å². The molecular weight excluding hydrogens is 358 g/mol. The first kappa shape index (κ1) is 17.6. The van der Waals surface area contributed by atoms with Crippen LogP contribution in [0.3, 0.4) is 0 Å². The summed E-state index contributed by atoms with van der Waals surface area (Å²) in [5.74, 6) is 1.11. The quantitative estimate of drug-likeness (QED) is 0.737. The molecule has 5 heteroatoms. The van der Waals surface area contributed by atoms with Gasteiger partial charge in [0.1, 0.15) is 12.4 Å². The molecule has 4 nitrogen and oxygen atoms in total. The van der Waals surface area contributed by atoms with Crippen molar-refractivity contribution in [2.45, 2.75) is 32.7 Å². The van der Waals surface area contributed by atoms with Crippen LogP contribution in [-0.4, -0.2) is 23.3 Å². The summed E-state index contributed by atoms with van der Waals surface area (Å²) in [6.45, 7) is 6.29. The van der Waals surface area contributed by atoms with Crippen molar-refractivity contribution in [1.29, 1.82) is 0 Å². The van der Waals surface area contributed by atoms with Crippen LogP contribution < -0.4 is 10.1 Å². The topological polar surface area (TPSA) is 58.6 Å². The van der Waals surface area contributed by atoms with Crippen LogP contribution in [0.15, 0.2) is 40.9 Å². The number of carboxylic acid groups (broad SMARTS) is 1. The molecule has 0 spiro atoms. The zero-order valence-electron chi connectivity index (χ0n) is 13.6. The average Bonchev–Trinajstić information content (AvgIpc) is 2.45. The van der Waals surface area contributed by atoms with E-state index in [1.165, 1.54) is 0 Å².